The zero-order chi connectivity index (χ0) is 17.9. The highest BCUT2D eigenvalue weighted by Crippen LogP contribution is 2.32. The fourth-order valence-electron chi connectivity index (χ4n) is 2.89. The van der Waals surface area contributed by atoms with Crippen LogP contribution in [0.1, 0.15) is 17.0 Å². The second kappa shape index (κ2) is 5.01. The summed E-state index contributed by atoms with van der Waals surface area (Å²) >= 11 is 0. The number of rotatable bonds is 1. The van der Waals surface area contributed by atoms with E-state index >= 15 is 0 Å². The second-order valence-electron chi connectivity index (χ2n) is 5.85. The molecule has 0 aromatic carbocycles. The van der Waals surface area contributed by atoms with Gasteiger partial charge in [0.25, 0.3) is 0 Å². The van der Waals surface area contributed by atoms with Gasteiger partial charge >= 0.3 is 6.18 Å². The van der Waals surface area contributed by atoms with E-state index < -0.39 is 11.9 Å². The lowest BCUT2D eigenvalue weighted by molar-refractivity contribution is -0.141. The maximum atomic E-state index is 13.0. The molecule has 0 unspecified atom stereocenters. The van der Waals surface area contributed by atoms with Crippen LogP contribution in [-0.2, 0) is 13.2 Å². The van der Waals surface area contributed by atoms with Crippen molar-refractivity contribution in [3.63, 3.8) is 0 Å². The van der Waals surface area contributed by atoms with Crippen molar-refractivity contribution < 1.29 is 13.2 Å². The van der Waals surface area contributed by atoms with Crippen LogP contribution in [0.4, 0.5) is 13.2 Å². The molecule has 128 valence electrons. The van der Waals surface area contributed by atoms with E-state index in [0.29, 0.717) is 22.3 Å². The van der Waals surface area contributed by atoms with Gasteiger partial charge in [0.15, 0.2) is 11.3 Å². The fraction of sp³-hybridized carbons (Fsp3) is 0.250. The molecule has 0 atom stereocenters. The Morgan fingerprint density at radius 3 is 2.56 bits per heavy atom. The summed E-state index contributed by atoms with van der Waals surface area (Å²) in [6, 6.07) is 2.77. The monoisotopic (exact) mass is 346 g/mol. The van der Waals surface area contributed by atoms with Crippen molar-refractivity contribution >= 4 is 16.7 Å². The number of halogens is 3. The molecule has 4 aromatic heterocycles. The summed E-state index contributed by atoms with van der Waals surface area (Å²) in [7, 11) is 1.82. The van der Waals surface area contributed by atoms with Gasteiger partial charge in [-0.25, -0.2) is 14.5 Å². The number of fused-ring (bicyclic) bond motifs is 3. The van der Waals surface area contributed by atoms with E-state index in [1.807, 2.05) is 14.0 Å². The molecule has 0 amide bonds. The van der Waals surface area contributed by atoms with Crippen molar-refractivity contribution in [2.75, 3.05) is 0 Å². The first kappa shape index (κ1) is 15.6. The van der Waals surface area contributed by atoms with Crippen molar-refractivity contribution in [2.45, 2.75) is 20.0 Å². The Balaban J connectivity index is 2.07. The molecule has 0 radical (unpaired) electrons. The van der Waals surface area contributed by atoms with Crippen LogP contribution in [0.3, 0.4) is 0 Å². The average molecular weight is 346 g/mol. The Kier molecular flexibility index (Phi) is 3.12. The van der Waals surface area contributed by atoms with Gasteiger partial charge in [-0.3, -0.25) is 4.68 Å². The molecule has 0 aliphatic heterocycles. The molecule has 0 bridgehead atoms. The van der Waals surface area contributed by atoms with Crippen molar-refractivity contribution in [3.05, 3.63) is 41.5 Å². The Morgan fingerprint density at radius 1 is 1.16 bits per heavy atom. The molecule has 4 heterocycles. The summed E-state index contributed by atoms with van der Waals surface area (Å²) in [5, 5.41) is 9.00. The molecule has 9 heteroatoms. The number of alkyl halides is 3. The maximum Gasteiger partial charge on any atom is 0.433 e. The smallest absolute Gasteiger partial charge is 0.272 e. The quantitative estimate of drug-likeness (QED) is 0.530. The van der Waals surface area contributed by atoms with Crippen molar-refractivity contribution in [3.8, 4) is 11.3 Å². The van der Waals surface area contributed by atoms with Crippen LogP contribution in [0.5, 0.6) is 0 Å². The largest absolute Gasteiger partial charge is 0.433 e. The fourth-order valence-corrected chi connectivity index (χ4v) is 2.89. The van der Waals surface area contributed by atoms with E-state index in [0.717, 1.165) is 17.3 Å². The van der Waals surface area contributed by atoms with Crippen LogP contribution in [0.25, 0.3) is 27.9 Å². The molecule has 4 aromatic rings. The van der Waals surface area contributed by atoms with Crippen LogP contribution in [0.2, 0.25) is 0 Å². The number of hydrogen-bond donors (Lipinski definition) is 0. The summed E-state index contributed by atoms with van der Waals surface area (Å²) < 4.78 is 42.3. The minimum atomic E-state index is -4.52. The highest BCUT2D eigenvalue weighted by Gasteiger charge is 2.34. The first-order valence-corrected chi connectivity index (χ1v) is 7.48. The van der Waals surface area contributed by atoms with E-state index in [9.17, 15) is 13.2 Å². The van der Waals surface area contributed by atoms with Gasteiger partial charge in [-0.15, -0.1) is 5.10 Å². The topological polar surface area (TPSA) is 60.9 Å². The number of aromatic nitrogens is 6. The Labute approximate surface area is 139 Å². The van der Waals surface area contributed by atoms with Gasteiger partial charge in [-0.2, -0.15) is 18.3 Å². The SMILES string of the molecule is Cc1cc(C(F)(F)F)nc2nn3c(-c4cnn(C)c4C)ccnc3c12. The molecule has 6 nitrogen and oxygen atoms in total. The molecule has 25 heavy (non-hydrogen) atoms. The van der Waals surface area contributed by atoms with Gasteiger partial charge in [0.2, 0.25) is 0 Å². The van der Waals surface area contributed by atoms with E-state index in [4.69, 9.17) is 0 Å². The predicted molar refractivity (Wildman–Crippen MR) is 85.0 cm³/mol. The maximum absolute atomic E-state index is 13.0. The van der Waals surface area contributed by atoms with Gasteiger partial charge in [-0.05, 0) is 31.5 Å². The third kappa shape index (κ3) is 2.26. The Morgan fingerprint density at radius 2 is 1.92 bits per heavy atom. The Bertz CT molecular complexity index is 1120. The van der Waals surface area contributed by atoms with Gasteiger partial charge in [0.1, 0.15) is 5.69 Å². The molecule has 0 saturated heterocycles. The molecule has 0 aliphatic carbocycles. The average Bonchev–Trinajstić information content (AvgIpc) is 3.07. The standard InChI is InChI=1S/C16H13F3N6/c1-8-6-12(16(17,18)19)22-14-13(8)15-20-5-4-11(25(15)23-14)10-7-21-24(3)9(10)2/h4-7H,1-3H3. The van der Waals surface area contributed by atoms with E-state index in [2.05, 4.69) is 20.2 Å². The van der Waals surface area contributed by atoms with E-state index in [1.54, 1.807) is 30.1 Å². The van der Waals surface area contributed by atoms with Gasteiger partial charge < -0.3 is 0 Å². The number of pyridine rings is 1. The number of nitrogens with zero attached hydrogens (tertiary/aromatic N) is 6. The summed E-state index contributed by atoms with van der Waals surface area (Å²) in [5.74, 6) is 0. The summed E-state index contributed by atoms with van der Waals surface area (Å²) in [4.78, 5) is 7.99. The lowest BCUT2D eigenvalue weighted by Gasteiger charge is -2.06. The van der Waals surface area contributed by atoms with Crippen molar-refractivity contribution in [1.29, 1.82) is 0 Å². The lowest BCUT2D eigenvalue weighted by atomic mass is 10.1. The van der Waals surface area contributed by atoms with Gasteiger partial charge in [-0.1, -0.05) is 0 Å². The molecule has 0 aliphatic rings. The molecule has 0 fully saturated rings. The zero-order valence-electron chi connectivity index (χ0n) is 13.6. The zero-order valence-corrected chi connectivity index (χ0v) is 13.6. The van der Waals surface area contributed by atoms with Crippen LogP contribution in [-0.4, -0.2) is 29.4 Å². The van der Waals surface area contributed by atoms with Crippen LogP contribution < -0.4 is 0 Å². The number of aryl methyl sites for hydroxylation is 2. The summed E-state index contributed by atoms with van der Waals surface area (Å²) in [6.07, 6.45) is -1.22. The molecular weight excluding hydrogens is 333 g/mol. The Hall–Kier alpha value is -2.97. The minimum absolute atomic E-state index is 0.0221. The first-order valence-electron chi connectivity index (χ1n) is 7.48. The third-order valence-corrected chi connectivity index (χ3v) is 4.28. The lowest BCUT2D eigenvalue weighted by Crippen LogP contribution is -2.08. The highest BCUT2D eigenvalue weighted by atomic mass is 19.4. The van der Waals surface area contributed by atoms with Crippen molar-refractivity contribution in [1.82, 2.24) is 29.4 Å². The molecule has 0 spiro atoms. The second-order valence-corrected chi connectivity index (χ2v) is 5.85. The van der Waals surface area contributed by atoms with Gasteiger partial charge in [0, 0.05) is 24.5 Å². The van der Waals surface area contributed by atoms with Crippen LogP contribution >= 0.6 is 0 Å². The first-order chi connectivity index (χ1) is 11.8. The highest BCUT2D eigenvalue weighted by molar-refractivity contribution is 5.93. The third-order valence-electron chi connectivity index (χ3n) is 4.28. The minimum Gasteiger partial charge on any atom is -0.272 e. The summed E-state index contributed by atoms with van der Waals surface area (Å²) in [5.41, 5.74) is 2.40. The normalized spacial score (nSPS) is 12.4. The van der Waals surface area contributed by atoms with E-state index in [-0.39, 0.29) is 5.65 Å². The molecule has 0 saturated carbocycles. The van der Waals surface area contributed by atoms with Crippen molar-refractivity contribution in [2.24, 2.45) is 7.05 Å². The predicted octanol–water partition coefficient (Wildman–Crippen LogP) is 3.31. The summed E-state index contributed by atoms with van der Waals surface area (Å²) in [6.45, 7) is 3.51. The van der Waals surface area contributed by atoms with Crippen LogP contribution in [0.15, 0.2) is 24.5 Å². The molecular formula is C16H13F3N6. The molecule has 0 N–H and O–H groups in total. The van der Waals surface area contributed by atoms with Gasteiger partial charge in [0.05, 0.1) is 17.3 Å². The molecule has 4 rings (SSSR count). The van der Waals surface area contributed by atoms with E-state index in [1.165, 1.54) is 4.52 Å². The van der Waals surface area contributed by atoms with Crippen LogP contribution in [0, 0.1) is 13.8 Å². The number of hydrogen-bond acceptors (Lipinski definition) is 4.